The van der Waals surface area contributed by atoms with Gasteiger partial charge in [-0.15, -0.1) is 0 Å². The van der Waals surface area contributed by atoms with Gasteiger partial charge in [0, 0.05) is 33.0 Å². The molecule has 0 fully saturated rings. The lowest BCUT2D eigenvalue weighted by Crippen LogP contribution is -2.42. The van der Waals surface area contributed by atoms with E-state index in [1.54, 1.807) is 24.3 Å². The highest BCUT2D eigenvalue weighted by molar-refractivity contribution is 7.86. The van der Waals surface area contributed by atoms with E-state index in [1.807, 2.05) is 18.2 Å². The third-order valence-electron chi connectivity index (χ3n) is 8.04. The Hall–Kier alpha value is -4.76. The van der Waals surface area contributed by atoms with Crippen molar-refractivity contribution in [2.45, 2.75) is 25.7 Å². The number of nitrogens with one attached hydrogen (secondary N) is 1. The van der Waals surface area contributed by atoms with Gasteiger partial charge < -0.3 is 0 Å². The molecule has 0 aliphatic carbocycles. The van der Waals surface area contributed by atoms with E-state index < -0.39 is 49.6 Å². The van der Waals surface area contributed by atoms with Crippen molar-refractivity contribution in [3.8, 4) is 11.1 Å². The predicted octanol–water partition coefficient (Wildman–Crippen LogP) is 3.83. The second-order valence-corrected chi connectivity index (χ2v) is 14.3. The molecule has 6 rings (SSSR count). The third-order valence-corrected chi connectivity index (χ3v) is 9.65. The zero-order valence-electron chi connectivity index (χ0n) is 24.0. The van der Waals surface area contributed by atoms with Crippen LogP contribution < -0.4 is 10.2 Å². The fraction of sp³-hybridized carbons (Fsp3) is 0.188. The maximum atomic E-state index is 14.0. The Bertz CT molecular complexity index is 2160. The summed E-state index contributed by atoms with van der Waals surface area (Å²) < 4.78 is 63.6. The van der Waals surface area contributed by atoms with Crippen molar-refractivity contribution in [1.82, 2.24) is 5.32 Å². The van der Waals surface area contributed by atoms with Gasteiger partial charge >= 0.3 is 0 Å². The molecule has 3 N–H and O–H groups in total. The summed E-state index contributed by atoms with van der Waals surface area (Å²) in [7, 11) is -8.39. The fourth-order valence-corrected chi connectivity index (χ4v) is 7.03. The Morgan fingerprint density at radius 1 is 0.609 bits per heavy atom. The monoisotopic (exact) mass is 662 g/mol. The molecule has 0 saturated carbocycles. The summed E-state index contributed by atoms with van der Waals surface area (Å²) in [6, 6.07) is 17.9. The van der Waals surface area contributed by atoms with Gasteiger partial charge in [0.2, 0.25) is 0 Å². The Balaban J connectivity index is 1.41. The maximum Gasteiger partial charge on any atom is 0.265 e. The topological polar surface area (TPSA) is 192 Å². The molecule has 0 radical (unpaired) electrons. The number of nitrogens with zero attached hydrogens (tertiary/aromatic N) is 1. The highest BCUT2D eigenvalue weighted by Crippen LogP contribution is 2.39. The van der Waals surface area contributed by atoms with Crippen LogP contribution in [0.25, 0.3) is 21.9 Å². The van der Waals surface area contributed by atoms with Crippen LogP contribution in [0.1, 0.15) is 65.4 Å². The first kappa shape index (κ1) is 31.2. The lowest BCUT2D eigenvalue weighted by molar-refractivity contribution is 0.0837. The van der Waals surface area contributed by atoms with Crippen molar-refractivity contribution in [3.63, 3.8) is 0 Å². The molecule has 4 amide bonds. The quantitative estimate of drug-likeness (QED) is 0.166. The van der Waals surface area contributed by atoms with Crippen LogP contribution in [0.3, 0.4) is 0 Å². The first-order valence-corrected chi connectivity index (χ1v) is 17.4. The number of benzene rings is 4. The minimum atomic E-state index is -4.29. The van der Waals surface area contributed by atoms with E-state index in [0.29, 0.717) is 17.5 Å². The Labute approximate surface area is 263 Å². The average molecular weight is 663 g/mol. The second-order valence-electron chi connectivity index (χ2n) is 11.1. The van der Waals surface area contributed by atoms with Crippen LogP contribution in [-0.2, 0) is 33.1 Å². The van der Waals surface area contributed by atoms with Gasteiger partial charge in [0.05, 0.1) is 17.2 Å². The summed E-state index contributed by atoms with van der Waals surface area (Å²) in [6.45, 7) is 0. The molecule has 0 atom stereocenters. The van der Waals surface area contributed by atoms with Crippen molar-refractivity contribution >= 4 is 60.3 Å². The smallest absolute Gasteiger partial charge is 0.265 e. The number of anilines is 1. The summed E-state index contributed by atoms with van der Waals surface area (Å²) in [6.07, 6.45) is 0.642. The standard InChI is InChI=1S/C32H26N2O10S2/c35-29-22-9-11-24-28-25(12-10-23(27(22)28)30(36)33-29)32(38)34(31(24)37)26-13-8-20(17-21(26)7-3-15-46(42,43)44)19-6-1-4-18(16-19)5-2-14-45(39,40)41/h1,4,6,8-13,16-17H,2-3,5,7,14-15H2,(H,33,35,36)(H,39,40,41)(H,42,43,44). The summed E-state index contributed by atoms with van der Waals surface area (Å²) in [5.74, 6) is -3.59. The second kappa shape index (κ2) is 11.6. The minimum Gasteiger partial charge on any atom is -0.288 e. The fourth-order valence-electron chi connectivity index (χ4n) is 6.01. The molecule has 2 heterocycles. The third kappa shape index (κ3) is 5.95. The number of hydrogen-bond donors (Lipinski definition) is 3. The molecule has 12 nitrogen and oxygen atoms in total. The van der Waals surface area contributed by atoms with Crippen LogP contribution in [-0.4, -0.2) is 61.1 Å². The minimum absolute atomic E-state index is 0.0166. The van der Waals surface area contributed by atoms with E-state index in [2.05, 4.69) is 5.32 Å². The number of carbonyl (C=O) groups excluding carboxylic acids is 4. The number of imide groups is 2. The molecule has 0 saturated heterocycles. The molecule has 236 valence electrons. The van der Waals surface area contributed by atoms with Gasteiger partial charge in [-0.25, -0.2) is 4.90 Å². The molecule has 4 aromatic carbocycles. The van der Waals surface area contributed by atoms with E-state index in [9.17, 15) is 40.6 Å². The normalized spacial score (nSPS) is 14.6. The zero-order chi connectivity index (χ0) is 33.0. The number of rotatable bonds is 10. The van der Waals surface area contributed by atoms with Gasteiger partial charge in [-0.3, -0.25) is 33.6 Å². The Morgan fingerprint density at radius 3 is 1.72 bits per heavy atom. The maximum absolute atomic E-state index is 14.0. The van der Waals surface area contributed by atoms with Crippen LogP contribution in [0.2, 0.25) is 0 Å². The number of amides is 4. The Kier molecular flexibility index (Phi) is 7.84. The molecule has 0 aromatic heterocycles. The highest BCUT2D eigenvalue weighted by Gasteiger charge is 2.38. The molecular formula is C32H26N2O10S2. The van der Waals surface area contributed by atoms with Gasteiger partial charge in [-0.1, -0.05) is 30.3 Å². The molecule has 0 unspecified atom stereocenters. The first-order chi connectivity index (χ1) is 21.7. The van der Waals surface area contributed by atoms with Gasteiger partial charge in [-0.05, 0) is 84.3 Å². The summed E-state index contributed by atoms with van der Waals surface area (Å²) >= 11 is 0. The van der Waals surface area contributed by atoms with Crippen LogP contribution >= 0.6 is 0 Å². The summed E-state index contributed by atoms with van der Waals surface area (Å²) in [5.41, 5.74) is 3.42. The molecule has 4 aromatic rings. The Morgan fingerprint density at radius 2 is 1.13 bits per heavy atom. The van der Waals surface area contributed by atoms with Gasteiger partial charge in [0.15, 0.2) is 0 Å². The molecule has 0 bridgehead atoms. The molecule has 2 aliphatic rings. The predicted molar refractivity (Wildman–Crippen MR) is 168 cm³/mol. The van der Waals surface area contributed by atoms with Crippen molar-refractivity contribution in [2.75, 3.05) is 16.4 Å². The summed E-state index contributed by atoms with van der Waals surface area (Å²) in [4.78, 5) is 54.0. The molecule has 46 heavy (non-hydrogen) atoms. The summed E-state index contributed by atoms with van der Waals surface area (Å²) in [5, 5.41) is 2.69. The lowest BCUT2D eigenvalue weighted by atomic mass is 9.86. The van der Waals surface area contributed by atoms with E-state index >= 15 is 0 Å². The number of aryl methyl sites for hydroxylation is 2. The van der Waals surface area contributed by atoms with Crippen LogP contribution in [0.4, 0.5) is 5.69 Å². The molecule has 2 aliphatic heterocycles. The SMILES string of the molecule is O=C1NC(=O)c2ccc3c4c(ccc1c24)C(=O)N(c1ccc(-c2cccc(CCCS(=O)(=O)O)c2)cc1CCCS(=O)(=O)O)C3=O. The van der Waals surface area contributed by atoms with Crippen LogP contribution in [0, 0.1) is 0 Å². The first-order valence-electron chi connectivity index (χ1n) is 14.2. The number of carbonyl (C=O) groups is 4. The molecular weight excluding hydrogens is 636 g/mol. The van der Waals surface area contributed by atoms with Crippen molar-refractivity contribution in [2.24, 2.45) is 0 Å². The number of hydrogen-bond acceptors (Lipinski definition) is 8. The van der Waals surface area contributed by atoms with Gasteiger partial charge in [0.25, 0.3) is 43.9 Å². The zero-order valence-corrected chi connectivity index (χ0v) is 25.7. The van der Waals surface area contributed by atoms with E-state index in [0.717, 1.165) is 16.0 Å². The highest BCUT2D eigenvalue weighted by atomic mass is 32.2. The van der Waals surface area contributed by atoms with E-state index in [4.69, 9.17) is 4.55 Å². The van der Waals surface area contributed by atoms with E-state index in [1.165, 1.54) is 24.3 Å². The van der Waals surface area contributed by atoms with Crippen LogP contribution in [0.15, 0.2) is 66.7 Å². The van der Waals surface area contributed by atoms with E-state index in [-0.39, 0.29) is 63.7 Å². The van der Waals surface area contributed by atoms with Crippen molar-refractivity contribution in [1.29, 1.82) is 0 Å². The lowest BCUT2D eigenvalue weighted by Gasteiger charge is -2.30. The molecule has 14 heteroatoms. The van der Waals surface area contributed by atoms with Gasteiger partial charge in [0.1, 0.15) is 0 Å². The van der Waals surface area contributed by atoms with Crippen molar-refractivity contribution in [3.05, 3.63) is 100 Å². The van der Waals surface area contributed by atoms with Crippen molar-refractivity contribution < 1.29 is 45.1 Å². The van der Waals surface area contributed by atoms with Crippen LogP contribution in [0.5, 0.6) is 0 Å². The molecule has 0 spiro atoms. The average Bonchev–Trinajstić information content (AvgIpc) is 2.98. The largest absolute Gasteiger partial charge is 0.288 e. The van der Waals surface area contributed by atoms with Gasteiger partial charge in [-0.2, -0.15) is 16.8 Å².